The van der Waals surface area contributed by atoms with Gasteiger partial charge in [0.1, 0.15) is 18.0 Å². The molecule has 1 rings (SSSR count). The standard InChI is InChI=1S/C15H28N4/c1-7-12(8-2)11(5)19-15-13(10(3)4)14(16-6)17-9-18-15/h9-12H,7-8H2,1-6H3,(H2,16,17,18,19). The molecule has 0 radical (unpaired) electrons. The predicted octanol–water partition coefficient (Wildman–Crippen LogP) is 3.88. The number of anilines is 2. The van der Waals surface area contributed by atoms with E-state index in [0.717, 1.165) is 11.6 Å². The molecule has 0 saturated heterocycles. The van der Waals surface area contributed by atoms with Crippen molar-refractivity contribution < 1.29 is 0 Å². The Kier molecular flexibility index (Phi) is 6.06. The van der Waals surface area contributed by atoms with Crippen LogP contribution in [0.4, 0.5) is 11.6 Å². The lowest BCUT2D eigenvalue weighted by Crippen LogP contribution is -2.26. The smallest absolute Gasteiger partial charge is 0.135 e. The fourth-order valence-electron chi connectivity index (χ4n) is 2.59. The highest BCUT2D eigenvalue weighted by Crippen LogP contribution is 2.29. The minimum atomic E-state index is 0.389. The number of rotatable bonds is 7. The number of hydrogen-bond donors (Lipinski definition) is 2. The first kappa shape index (κ1) is 15.7. The van der Waals surface area contributed by atoms with Gasteiger partial charge in [0, 0.05) is 18.7 Å². The molecule has 0 saturated carbocycles. The van der Waals surface area contributed by atoms with E-state index in [1.807, 2.05) is 7.05 Å². The molecule has 1 aromatic rings. The molecule has 0 amide bonds. The summed E-state index contributed by atoms with van der Waals surface area (Å²) in [4.78, 5) is 8.75. The van der Waals surface area contributed by atoms with Gasteiger partial charge in [-0.25, -0.2) is 9.97 Å². The van der Waals surface area contributed by atoms with Crippen LogP contribution < -0.4 is 10.6 Å². The molecular weight excluding hydrogens is 236 g/mol. The largest absolute Gasteiger partial charge is 0.373 e. The van der Waals surface area contributed by atoms with Crippen molar-refractivity contribution in [1.82, 2.24) is 9.97 Å². The molecule has 19 heavy (non-hydrogen) atoms. The topological polar surface area (TPSA) is 49.8 Å². The third-order valence-corrected chi connectivity index (χ3v) is 3.82. The van der Waals surface area contributed by atoms with Gasteiger partial charge in [-0.05, 0) is 18.8 Å². The van der Waals surface area contributed by atoms with Gasteiger partial charge in [0.15, 0.2) is 0 Å². The van der Waals surface area contributed by atoms with Crippen LogP contribution in [-0.2, 0) is 0 Å². The minimum Gasteiger partial charge on any atom is -0.373 e. The van der Waals surface area contributed by atoms with Crippen molar-refractivity contribution in [1.29, 1.82) is 0 Å². The van der Waals surface area contributed by atoms with Gasteiger partial charge >= 0.3 is 0 Å². The highest BCUT2D eigenvalue weighted by Gasteiger charge is 2.18. The van der Waals surface area contributed by atoms with E-state index >= 15 is 0 Å². The van der Waals surface area contributed by atoms with Crippen LogP contribution in [0.3, 0.4) is 0 Å². The monoisotopic (exact) mass is 264 g/mol. The van der Waals surface area contributed by atoms with Crippen molar-refractivity contribution >= 4 is 11.6 Å². The first-order chi connectivity index (χ1) is 9.04. The second-order valence-electron chi connectivity index (χ2n) is 5.40. The van der Waals surface area contributed by atoms with Crippen molar-refractivity contribution in [2.45, 2.75) is 59.4 Å². The van der Waals surface area contributed by atoms with Gasteiger partial charge in [0.2, 0.25) is 0 Å². The Morgan fingerprint density at radius 3 is 2.11 bits per heavy atom. The van der Waals surface area contributed by atoms with Crippen molar-refractivity contribution in [3.8, 4) is 0 Å². The van der Waals surface area contributed by atoms with Crippen LogP contribution in [0.2, 0.25) is 0 Å². The zero-order valence-corrected chi connectivity index (χ0v) is 13.1. The van der Waals surface area contributed by atoms with Gasteiger partial charge in [-0.1, -0.05) is 40.5 Å². The lowest BCUT2D eigenvalue weighted by molar-refractivity contribution is 0.436. The first-order valence-electron chi connectivity index (χ1n) is 7.34. The molecule has 0 aromatic carbocycles. The summed E-state index contributed by atoms with van der Waals surface area (Å²) in [7, 11) is 1.91. The van der Waals surface area contributed by atoms with Gasteiger partial charge in [-0.3, -0.25) is 0 Å². The quantitative estimate of drug-likeness (QED) is 0.784. The predicted molar refractivity (Wildman–Crippen MR) is 82.8 cm³/mol. The molecule has 0 aliphatic heterocycles. The van der Waals surface area contributed by atoms with Crippen LogP contribution in [0.5, 0.6) is 0 Å². The molecule has 1 unspecified atom stereocenters. The van der Waals surface area contributed by atoms with Crippen LogP contribution in [-0.4, -0.2) is 23.1 Å². The Hall–Kier alpha value is -1.32. The molecule has 0 aliphatic carbocycles. The third-order valence-electron chi connectivity index (χ3n) is 3.82. The normalized spacial score (nSPS) is 12.8. The summed E-state index contributed by atoms with van der Waals surface area (Å²) in [6.45, 7) is 11.1. The number of hydrogen-bond acceptors (Lipinski definition) is 4. The maximum absolute atomic E-state index is 4.44. The van der Waals surface area contributed by atoms with Crippen molar-refractivity contribution in [3.05, 3.63) is 11.9 Å². The van der Waals surface area contributed by atoms with E-state index in [2.05, 4.69) is 55.2 Å². The lowest BCUT2D eigenvalue weighted by Gasteiger charge is -2.25. The van der Waals surface area contributed by atoms with Gasteiger partial charge < -0.3 is 10.6 Å². The van der Waals surface area contributed by atoms with Crippen LogP contribution in [0.25, 0.3) is 0 Å². The van der Waals surface area contributed by atoms with Gasteiger partial charge in [0.05, 0.1) is 0 Å². The molecule has 1 heterocycles. The molecule has 4 nitrogen and oxygen atoms in total. The van der Waals surface area contributed by atoms with E-state index in [-0.39, 0.29) is 0 Å². The zero-order valence-electron chi connectivity index (χ0n) is 13.1. The Bertz CT molecular complexity index is 386. The van der Waals surface area contributed by atoms with Crippen LogP contribution in [0.15, 0.2) is 6.33 Å². The van der Waals surface area contributed by atoms with Gasteiger partial charge in [0.25, 0.3) is 0 Å². The van der Waals surface area contributed by atoms with Crippen molar-refractivity contribution in [3.63, 3.8) is 0 Å². The average Bonchev–Trinajstić information content (AvgIpc) is 2.39. The fourth-order valence-corrected chi connectivity index (χ4v) is 2.59. The Balaban J connectivity index is 3.00. The van der Waals surface area contributed by atoms with Crippen LogP contribution >= 0.6 is 0 Å². The molecule has 0 aliphatic rings. The zero-order chi connectivity index (χ0) is 14.4. The Labute approximate surface area is 117 Å². The molecule has 0 bridgehead atoms. The van der Waals surface area contributed by atoms with E-state index in [4.69, 9.17) is 0 Å². The van der Waals surface area contributed by atoms with Gasteiger partial charge in [-0.15, -0.1) is 0 Å². The third kappa shape index (κ3) is 3.82. The molecule has 108 valence electrons. The summed E-state index contributed by atoms with van der Waals surface area (Å²) < 4.78 is 0. The summed E-state index contributed by atoms with van der Waals surface area (Å²) in [6, 6.07) is 0.423. The van der Waals surface area contributed by atoms with E-state index < -0.39 is 0 Å². The summed E-state index contributed by atoms with van der Waals surface area (Å²) in [5, 5.41) is 6.73. The van der Waals surface area contributed by atoms with E-state index in [1.54, 1.807) is 6.33 Å². The summed E-state index contributed by atoms with van der Waals surface area (Å²) in [5.41, 5.74) is 1.17. The maximum Gasteiger partial charge on any atom is 0.135 e. The van der Waals surface area contributed by atoms with Gasteiger partial charge in [-0.2, -0.15) is 0 Å². The van der Waals surface area contributed by atoms with Crippen molar-refractivity contribution in [2.75, 3.05) is 17.7 Å². The summed E-state index contributed by atoms with van der Waals surface area (Å²) in [6.07, 6.45) is 4.00. The molecule has 0 spiro atoms. The number of nitrogens with zero attached hydrogens (tertiary/aromatic N) is 2. The van der Waals surface area contributed by atoms with Crippen LogP contribution in [0, 0.1) is 5.92 Å². The molecule has 0 fully saturated rings. The molecule has 1 atom stereocenters. The second-order valence-corrected chi connectivity index (χ2v) is 5.40. The fraction of sp³-hybridized carbons (Fsp3) is 0.733. The summed E-state index contributed by atoms with van der Waals surface area (Å²) >= 11 is 0. The highest BCUT2D eigenvalue weighted by molar-refractivity contribution is 5.59. The average molecular weight is 264 g/mol. The van der Waals surface area contributed by atoms with E-state index in [0.29, 0.717) is 17.9 Å². The van der Waals surface area contributed by atoms with Crippen molar-refractivity contribution in [2.24, 2.45) is 5.92 Å². The Morgan fingerprint density at radius 2 is 1.63 bits per heavy atom. The SMILES string of the molecule is CCC(CC)C(C)Nc1ncnc(NC)c1C(C)C. The van der Waals surface area contributed by atoms with Crippen LogP contribution in [0.1, 0.15) is 58.9 Å². The number of nitrogens with one attached hydrogen (secondary N) is 2. The highest BCUT2D eigenvalue weighted by atomic mass is 15.1. The summed E-state index contributed by atoms with van der Waals surface area (Å²) in [5.74, 6) is 2.95. The maximum atomic E-state index is 4.44. The number of aromatic nitrogens is 2. The minimum absolute atomic E-state index is 0.389. The molecule has 1 aromatic heterocycles. The molecule has 4 heteroatoms. The second kappa shape index (κ2) is 7.31. The Morgan fingerprint density at radius 1 is 1.05 bits per heavy atom. The van der Waals surface area contributed by atoms with E-state index in [9.17, 15) is 0 Å². The first-order valence-corrected chi connectivity index (χ1v) is 7.34. The molecular formula is C15H28N4. The molecule has 2 N–H and O–H groups in total. The lowest BCUT2D eigenvalue weighted by atomic mass is 9.95. The van der Waals surface area contributed by atoms with E-state index in [1.165, 1.54) is 18.4 Å².